The quantitative estimate of drug-likeness (QED) is 0.770. The Hall–Kier alpha value is -1.13. The molecule has 0 bridgehead atoms. The van der Waals surface area contributed by atoms with Gasteiger partial charge in [-0.2, -0.15) is 0 Å². The summed E-state index contributed by atoms with van der Waals surface area (Å²) in [5.74, 6) is 1.47. The lowest BCUT2D eigenvalue weighted by Gasteiger charge is -2.17. The first-order valence-corrected chi connectivity index (χ1v) is 6.42. The van der Waals surface area contributed by atoms with Gasteiger partial charge in [-0.1, -0.05) is 13.8 Å². The molecule has 0 aliphatic carbocycles. The lowest BCUT2D eigenvalue weighted by Crippen LogP contribution is -2.22. The molecule has 102 valence electrons. The average molecular weight is 252 g/mol. The van der Waals surface area contributed by atoms with E-state index in [0.717, 1.165) is 24.4 Å². The van der Waals surface area contributed by atoms with Crippen LogP contribution in [0.2, 0.25) is 0 Å². The summed E-state index contributed by atoms with van der Waals surface area (Å²) in [7, 11) is 1.67. The molecule has 0 saturated heterocycles. The first kappa shape index (κ1) is 14.9. The van der Waals surface area contributed by atoms with Crippen molar-refractivity contribution in [2.24, 2.45) is 5.92 Å². The van der Waals surface area contributed by atoms with Crippen LogP contribution >= 0.6 is 0 Å². The summed E-state index contributed by atoms with van der Waals surface area (Å²) in [5.41, 5.74) is 1.13. The van der Waals surface area contributed by atoms with Gasteiger partial charge in [-0.15, -0.1) is 0 Å². The Morgan fingerprint density at radius 1 is 1.33 bits per heavy atom. The molecule has 0 aliphatic heterocycles. The van der Waals surface area contributed by atoms with Gasteiger partial charge in [0.1, 0.15) is 11.9 Å². The fourth-order valence-electron chi connectivity index (χ4n) is 1.64. The molecule has 1 unspecified atom stereocenters. The van der Waals surface area contributed by atoms with E-state index in [9.17, 15) is 0 Å². The minimum atomic E-state index is 0.0306. The number of nitrogens with zero attached hydrogens (tertiary/aromatic N) is 1. The predicted molar refractivity (Wildman–Crippen MR) is 72.7 cm³/mol. The van der Waals surface area contributed by atoms with Gasteiger partial charge in [0.2, 0.25) is 0 Å². The Balaban J connectivity index is 2.56. The zero-order chi connectivity index (χ0) is 13.4. The molecular formula is C14H24N2O2. The Labute approximate surface area is 110 Å². The van der Waals surface area contributed by atoms with E-state index in [4.69, 9.17) is 9.47 Å². The van der Waals surface area contributed by atoms with Gasteiger partial charge in [0.25, 0.3) is 0 Å². The Morgan fingerprint density at radius 2 is 2.11 bits per heavy atom. The van der Waals surface area contributed by atoms with Crippen LogP contribution in [-0.2, 0) is 11.3 Å². The van der Waals surface area contributed by atoms with E-state index >= 15 is 0 Å². The largest absolute Gasteiger partial charge is 0.486 e. The maximum absolute atomic E-state index is 5.82. The van der Waals surface area contributed by atoms with Gasteiger partial charge in [0, 0.05) is 25.4 Å². The lowest BCUT2D eigenvalue weighted by atomic mass is 10.2. The van der Waals surface area contributed by atoms with Crippen molar-refractivity contribution in [3.8, 4) is 5.75 Å². The minimum Gasteiger partial charge on any atom is -0.486 e. The maximum atomic E-state index is 5.82. The number of hydrogen-bond donors (Lipinski definition) is 1. The average Bonchev–Trinajstić information content (AvgIpc) is 2.31. The molecule has 0 saturated carbocycles. The highest BCUT2D eigenvalue weighted by Gasteiger charge is 2.08. The van der Waals surface area contributed by atoms with Crippen molar-refractivity contribution in [2.75, 3.05) is 20.3 Å². The molecule has 0 spiro atoms. The third-order valence-corrected chi connectivity index (χ3v) is 2.47. The number of ether oxygens (including phenoxy) is 2. The molecule has 0 aliphatic rings. The Bertz CT molecular complexity index is 342. The number of rotatable bonds is 8. The summed E-state index contributed by atoms with van der Waals surface area (Å²) in [5, 5.41) is 3.41. The van der Waals surface area contributed by atoms with Crippen LogP contribution in [0.5, 0.6) is 5.75 Å². The number of hydrogen-bond acceptors (Lipinski definition) is 4. The van der Waals surface area contributed by atoms with Crippen molar-refractivity contribution in [3.63, 3.8) is 0 Å². The molecule has 0 aromatic carbocycles. The number of nitrogens with one attached hydrogen (secondary N) is 1. The highest BCUT2D eigenvalue weighted by molar-refractivity contribution is 5.29. The second-order valence-corrected chi connectivity index (χ2v) is 4.89. The van der Waals surface area contributed by atoms with Crippen LogP contribution in [0.25, 0.3) is 0 Å². The van der Waals surface area contributed by atoms with Gasteiger partial charge in [-0.3, -0.25) is 4.98 Å². The molecule has 1 N–H and O–H groups in total. The molecular weight excluding hydrogens is 228 g/mol. The van der Waals surface area contributed by atoms with E-state index in [1.54, 1.807) is 19.5 Å². The van der Waals surface area contributed by atoms with Gasteiger partial charge in [-0.25, -0.2) is 0 Å². The van der Waals surface area contributed by atoms with Crippen molar-refractivity contribution < 1.29 is 9.47 Å². The molecule has 18 heavy (non-hydrogen) atoms. The van der Waals surface area contributed by atoms with Crippen LogP contribution in [0.1, 0.15) is 26.3 Å². The van der Waals surface area contributed by atoms with Crippen LogP contribution in [-0.4, -0.2) is 31.3 Å². The molecule has 4 nitrogen and oxygen atoms in total. The minimum absolute atomic E-state index is 0.0306. The molecule has 0 amide bonds. The predicted octanol–water partition coefficient (Wildman–Crippen LogP) is 2.24. The Kier molecular flexibility index (Phi) is 6.68. The summed E-state index contributed by atoms with van der Waals surface area (Å²) in [6.45, 7) is 8.75. The molecule has 1 atom stereocenters. The van der Waals surface area contributed by atoms with Crippen molar-refractivity contribution in [2.45, 2.75) is 33.4 Å². The number of pyridine rings is 1. The maximum Gasteiger partial charge on any atom is 0.142 e. The summed E-state index contributed by atoms with van der Waals surface area (Å²) in [6, 6.07) is 1.99. The van der Waals surface area contributed by atoms with Crippen LogP contribution in [0.15, 0.2) is 18.5 Å². The molecule has 4 heteroatoms. The fraction of sp³-hybridized carbons (Fsp3) is 0.643. The van der Waals surface area contributed by atoms with Crippen molar-refractivity contribution in [1.82, 2.24) is 10.3 Å². The topological polar surface area (TPSA) is 43.4 Å². The molecule has 1 heterocycles. The van der Waals surface area contributed by atoms with Crippen molar-refractivity contribution >= 4 is 0 Å². The van der Waals surface area contributed by atoms with Gasteiger partial charge in [-0.05, 0) is 25.5 Å². The monoisotopic (exact) mass is 252 g/mol. The molecule has 1 aromatic rings. The van der Waals surface area contributed by atoms with E-state index in [1.165, 1.54) is 0 Å². The third-order valence-electron chi connectivity index (χ3n) is 2.47. The lowest BCUT2D eigenvalue weighted by molar-refractivity contribution is 0.0910. The van der Waals surface area contributed by atoms with E-state index in [1.807, 2.05) is 13.0 Å². The zero-order valence-electron chi connectivity index (χ0n) is 11.8. The van der Waals surface area contributed by atoms with E-state index in [0.29, 0.717) is 12.5 Å². The van der Waals surface area contributed by atoms with Crippen LogP contribution in [0, 0.1) is 5.92 Å². The zero-order valence-corrected chi connectivity index (χ0v) is 11.8. The highest BCUT2D eigenvalue weighted by Crippen LogP contribution is 2.17. The van der Waals surface area contributed by atoms with Crippen LogP contribution < -0.4 is 10.1 Å². The van der Waals surface area contributed by atoms with E-state index in [-0.39, 0.29) is 6.10 Å². The summed E-state index contributed by atoms with van der Waals surface area (Å²) in [6.07, 6.45) is 3.58. The van der Waals surface area contributed by atoms with Crippen molar-refractivity contribution in [3.05, 3.63) is 24.0 Å². The fourth-order valence-corrected chi connectivity index (χ4v) is 1.64. The molecule has 1 rings (SSSR count). The number of methoxy groups -OCH3 is 1. The smallest absolute Gasteiger partial charge is 0.142 e. The van der Waals surface area contributed by atoms with Crippen LogP contribution in [0.3, 0.4) is 0 Å². The standard InChI is InChI=1S/C14H24N2O2/c1-11(2)7-16-8-13-5-6-15-9-14(13)18-12(3)10-17-4/h5-6,9,11-12,16H,7-8,10H2,1-4H3. The van der Waals surface area contributed by atoms with Gasteiger partial charge >= 0.3 is 0 Å². The molecule has 0 radical (unpaired) electrons. The SMILES string of the molecule is COCC(C)Oc1cnccc1CNCC(C)C. The summed E-state index contributed by atoms with van der Waals surface area (Å²) < 4.78 is 10.9. The van der Waals surface area contributed by atoms with Crippen LogP contribution in [0.4, 0.5) is 0 Å². The normalized spacial score (nSPS) is 12.7. The second kappa shape index (κ2) is 8.06. The molecule has 0 fully saturated rings. The summed E-state index contributed by atoms with van der Waals surface area (Å²) >= 11 is 0. The first-order chi connectivity index (χ1) is 8.63. The summed E-state index contributed by atoms with van der Waals surface area (Å²) in [4.78, 5) is 4.11. The van der Waals surface area contributed by atoms with E-state index in [2.05, 4.69) is 24.1 Å². The van der Waals surface area contributed by atoms with Gasteiger partial charge < -0.3 is 14.8 Å². The number of aromatic nitrogens is 1. The first-order valence-electron chi connectivity index (χ1n) is 6.42. The highest BCUT2D eigenvalue weighted by atomic mass is 16.5. The molecule has 1 aromatic heterocycles. The third kappa shape index (κ3) is 5.47. The van der Waals surface area contributed by atoms with Gasteiger partial charge in [0.05, 0.1) is 12.8 Å². The second-order valence-electron chi connectivity index (χ2n) is 4.89. The van der Waals surface area contributed by atoms with Crippen molar-refractivity contribution in [1.29, 1.82) is 0 Å². The van der Waals surface area contributed by atoms with Gasteiger partial charge in [0.15, 0.2) is 0 Å². The Morgan fingerprint density at radius 3 is 2.78 bits per heavy atom. The van der Waals surface area contributed by atoms with E-state index < -0.39 is 0 Å².